The van der Waals surface area contributed by atoms with E-state index in [0.29, 0.717) is 22.5 Å². The van der Waals surface area contributed by atoms with E-state index in [2.05, 4.69) is 47.1 Å². The van der Waals surface area contributed by atoms with Gasteiger partial charge in [-0.3, -0.25) is 9.78 Å². The molecule has 4 N–H and O–H groups in total. The van der Waals surface area contributed by atoms with Crippen LogP contribution in [0.1, 0.15) is 0 Å². The highest BCUT2D eigenvalue weighted by molar-refractivity contribution is 9.11. The molecule has 1 aromatic heterocycles. The third-order valence-electron chi connectivity index (χ3n) is 2.91. The average molecular weight is 410 g/mol. The molecule has 0 saturated heterocycles. The van der Waals surface area contributed by atoms with Gasteiger partial charge in [0.05, 0.1) is 16.6 Å². The van der Waals surface area contributed by atoms with Gasteiger partial charge in [-0.2, -0.15) is 0 Å². The van der Waals surface area contributed by atoms with Crippen molar-refractivity contribution in [1.29, 1.82) is 0 Å². The first-order valence-corrected chi connectivity index (χ1v) is 7.63. The smallest absolute Gasteiger partial charge is 0.260 e. The van der Waals surface area contributed by atoms with Gasteiger partial charge in [-0.05, 0) is 52.3 Å². The number of rotatable bonds is 2. The lowest BCUT2D eigenvalue weighted by Crippen LogP contribution is -2.11. The monoisotopic (exact) mass is 408 g/mol. The van der Waals surface area contributed by atoms with E-state index in [9.17, 15) is 4.79 Å². The van der Waals surface area contributed by atoms with E-state index in [0.717, 1.165) is 14.6 Å². The van der Waals surface area contributed by atoms with E-state index in [1.807, 2.05) is 18.2 Å². The van der Waals surface area contributed by atoms with Gasteiger partial charge in [0.2, 0.25) is 5.95 Å². The van der Waals surface area contributed by atoms with Crippen LogP contribution in [0.2, 0.25) is 0 Å². The number of nitrogen functional groups attached to an aromatic ring is 1. The zero-order chi connectivity index (χ0) is 15.0. The molecule has 0 amide bonds. The lowest BCUT2D eigenvalue weighted by molar-refractivity contribution is 1.17. The molecule has 2 aromatic carbocycles. The number of hydrogen-bond donors (Lipinski definition) is 3. The highest BCUT2D eigenvalue weighted by atomic mass is 79.9. The summed E-state index contributed by atoms with van der Waals surface area (Å²) >= 11 is 6.84. The van der Waals surface area contributed by atoms with Crippen LogP contribution in [0.15, 0.2) is 50.1 Å². The molecule has 0 atom stereocenters. The molecular formula is C14H10Br2N4O. The molecule has 0 aliphatic heterocycles. The van der Waals surface area contributed by atoms with Crippen LogP contribution in [0, 0.1) is 0 Å². The van der Waals surface area contributed by atoms with Gasteiger partial charge in [0.1, 0.15) is 0 Å². The Morgan fingerprint density at radius 3 is 2.71 bits per heavy atom. The van der Waals surface area contributed by atoms with Gasteiger partial charge in [-0.1, -0.05) is 15.9 Å². The third kappa shape index (κ3) is 2.93. The fraction of sp³-hybridized carbons (Fsp3) is 0. The molecule has 0 aliphatic rings. The predicted molar refractivity (Wildman–Crippen MR) is 91.9 cm³/mol. The molecule has 0 spiro atoms. The number of nitrogens with two attached hydrogens (primary N) is 1. The number of fused-ring (bicyclic) bond motifs is 1. The molecule has 0 aliphatic carbocycles. The van der Waals surface area contributed by atoms with E-state index in [4.69, 9.17) is 5.73 Å². The maximum absolute atomic E-state index is 12.1. The molecule has 3 aromatic rings. The fourth-order valence-corrected chi connectivity index (χ4v) is 3.08. The van der Waals surface area contributed by atoms with Gasteiger partial charge in [-0.25, -0.2) is 4.98 Å². The van der Waals surface area contributed by atoms with E-state index in [-0.39, 0.29) is 5.56 Å². The topological polar surface area (TPSA) is 83.8 Å². The number of aromatic nitrogens is 2. The molecule has 5 nitrogen and oxygen atoms in total. The van der Waals surface area contributed by atoms with Crippen molar-refractivity contribution in [2.45, 2.75) is 0 Å². The van der Waals surface area contributed by atoms with Crippen LogP contribution >= 0.6 is 31.9 Å². The number of hydrogen-bond acceptors (Lipinski definition) is 4. The lowest BCUT2D eigenvalue weighted by atomic mass is 10.2. The van der Waals surface area contributed by atoms with Crippen molar-refractivity contribution in [2.75, 3.05) is 11.1 Å². The van der Waals surface area contributed by atoms with Crippen molar-refractivity contribution < 1.29 is 0 Å². The average Bonchev–Trinajstić information content (AvgIpc) is 2.43. The summed E-state index contributed by atoms with van der Waals surface area (Å²) < 4.78 is 1.81. The van der Waals surface area contributed by atoms with Gasteiger partial charge >= 0.3 is 0 Å². The summed E-state index contributed by atoms with van der Waals surface area (Å²) in [4.78, 5) is 19.2. The van der Waals surface area contributed by atoms with Crippen molar-refractivity contribution in [3.8, 4) is 0 Å². The lowest BCUT2D eigenvalue weighted by Gasteiger charge is -2.09. The van der Waals surface area contributed by atoms with Gasteiger partial charge in [-0.15, -0.1) is 0 Å². The quantitative estimate of drug-likeness (QED) is 0.562. The molecule has 0 unspecified atom stereocenters. The number of H-pyrrole nitrogens is 1. The zero-order valence-electron chi connectivity index (χ0n) is 10.7. The second-order valence-corrected chi connectivity index (χ2v) is 6.21. The largest absolute Gasteiger partial charge is 0.399 e. The van der Waals surface area contributed by atoms with Crippen LogP contribution in [0.5, 0.6) is 0 Å². The normalized spacial score (nSPS) is 10.8. The van der Waals surface area contributed by atoms with E-state index in [1.165, 1.54) is 0 Å². The van der Waals surface area contributed by atoms with E-state index >= 15 is 0 Å². The summed E-state index contributed by atoms with van der Waals surface area (Å²) in [7, 11) is 0. The summed E-state index contributed by atoms with van der Waals surface area (Å²) in [6.45, 7) is 0. The molecule has 0 fully saturated rings. The van der Waals surface area contributed by atoms with Gasteiger partial charge in [0, 0.05) is 14.6 Å². The van der Waals surface area contributed by atoms with Crippen molar-refractivity contribution in [1.82, 2.24) is 9.97 Å². The predicted octanol–water partition coefficient (Wildman–Crippen LogP) is 3.77. The first-order valence-electron chi connectivity index (χ1n) is 6.04. The molecule has 0 bridgehead atoms. The first-order chi connectivity index (χ1) is 10.0. The number of nitrogens with zero attached hydrogens (tertiary/aromatic N) is 1. The number of nitrogens with one attached hydrogen (secondary N) is 2. The molecule has 1 heterocycles. The van der Waals surface area contributed by atoms with Gasteiger partial charge < -0.3 is 11.1 Å². The second-order valence-electron chi connectivity index (χ2n) is 4.44. The van der Waals surface area contributed by atoms with Crippen LogP contribution in [-0.4, -0.2) is 9.97 Å². The maximum Gasteiger partial charge on any atom is 0.260 e. The number of aromatic amines is 1. The molecule has 0 saturated carbocycles. The highest BCUT2D eigenvalue weighted by Gasteiger charge is 2.06. The molecule has 3 rings (SSSR count). The minimum atomic E-state index is -0.233. The van der Waals surface area contributed by atoms with Crippen molar-refractivity contribution >= 4 is 60.1 Å². The summed E-state index contributed by atoms with van der Waals surface area (Å²) in [5.41, 5.74) is 7.37. The van der Waals surface area contributed by atoms with Crippen LogP contribution in [0.3, 0.4) is 0 Å². The SMILES string of the molecule is Nc1ccc2nc(Nc3ccc(Br)cc3Br)[nH]c(=O)c2c1. The Morgan fingerprint density at radius 1 is 1.14 bits per heavy atom. The number of benzene rings is 2. The first kappa shape index (κ1) is 14.1. The second kappa shape index (κ2) is 5.50. The Kier molecular flexibility index (Phi) is 3.69. The Bertz CT molecular complexity index is 892. The summed E-state index contributed by atoms with van der Waals surface area (Å²) in [6.07, 6.45) is 0. The molecule has 7 heteroatoms. The van der Waals surface area contributed by atoms with Crippen molar-refractivity contribution in [2.24, 2.45) is 0 Å². The van der Waals surface area contributed by atoms with Crippen LogP contribution < -0.4 is 16.6 Å². The summed E-state index contributed by atoms with van der Waals surface area (Å²) in [6, 6.07) is 10.7. The Balaban J connectivity index is 2.05. The van der Waals surface area contributed by atoms with Crippen LogP contribution in [0.4, 0.5) is 17.3 Å². The van der Waals surface area contributed by atoms with E-state index < -0.39 is 0 Å². The van der Waals surface area contributed by atoms with Crippen LogP contribution in [-0.2, 0) is 0 Å². The van der Waals surface area contributed by atoms with Gasteiger partial charge in [0.25, 0.3) is 5.56 Å². The fourth-order valence-electron chi connectivity index (χ4n) is 1.93. The molecule has 21 heavy (non-hydrogen) atoms. The van der Waals surface area contributed by atoms with Crippen molar-refractivity contribution in [3.05, 3.63) is 55.7 Å². The van der Waals surface area contributed by atoms with Gasteiger partial charge in [0.15, 0.2) is 0 Å². The number of halogens is 2. The Hall–Kier alpha value is -1.86. The molecular weight excluding hydrogens is 400 g/mol. The Labute approximate surface area is 136 Å². The van der Waals surface area contributed by atoms with Crippen LogP contribution in [0.25, 0.3) is 10.9 Å². The van der Waals surface area contributed by atoms with E-state index in [1.54, 1.807) is 18.2 Å². The minimum absolute atomic E-state index is 0.233. The summed E-state index contributed by atoms with van der Waals surface area (Å²) in [5, 5.41) is 3.55. The summed E-state index contributed by atoms with van der Waals surface area (Å²) in [5.74, 6) is 0.375. The van der Waals surface area contributed by atoms with Crippen molar-refractivity contribution in [3.63, 3.8) is 0 Å². The number of anilines is 3. The third-order valence-corrected chi connectivity index (χ3v) is 4.06. The molecule has 0 radical (unpaired) electrons. The highest BCUT2D eigenvalue weighted by Crippen LogP contribution is 2.28. The maximum atomic E-state index is 12.1. The Morgan fingerprint density at radius 2 is 1.95 bits per heavy atom. The zero-order valence-corrected chi connectivity index (χ0v) is 13.8. The molecule has 106 valence electrons. The standard InChI is InChI=1S/C14H10Br2N4O/c15-7-1-3-12(10(16)5-7)19-14-18-11-4-2-8(17)6-9(11)13(21)20-14/h1-6H,17H2,(H2,18,19,20,21). The minimum Gasteiger partial charge on any atom is -0.399 e.